The molecule has 2 fully saturated rings. The third-order valence-corrected chi connectivity index (χ3v) is 5.15. The second kappa shape index (κ2) is 11.1. The number of carbonyl (C=O) groups excluding carboxylic acids is 1. The minimum absolute atomic E-state index is 0.156. The van der Waals surface area contributed by atoms with Crippen molar-refractivity contribution < 1.29 is 23.0 Å². The zero-order valence-corrected chi connectivity index (χ0v) is 17.3. The van der Waals surface area contributed by atoms with Crippen molar-refractivity contribution in [1.82, 2.24) is 20.0 Å². The van der Waals surface area contributed by atoms with Gasteiger partial charge in [0.25, 0.3) is 0 Å². The van der Waals surface area contributed by atoms with Crippen LogP contribution in [0.2, 0.25) is 0 Å². The lowest BCUT2D eigenvalue weighted by Crippen LogP contribution is -2.55. The molecule has 2 aliphatic heterocycles. The summed E-state index contributed by atoms with van der Waals surface area (Å²) in [6, 6.07) is 3.46. The van der Waals surface area contributed by atoms with Gasteiger partial charge in [0.15, 0.2) is 17.6 Å². The third kappa shape index (κ3) is 6.27. The van der Waals surface area contributed by atoms with Gasteiger partial charge in [-0.2, -0.15) is 0 Å². The Morgan fingerprint density at radius 2 is 1.83 bits per heavy atom. The Balaban J connectivity index is 1.36. The van der Waals surface area contributed by atoms with E-state index >= 15 is 0 Å². The highest BCUT2D eigenvalue weighted by atomic mass is 19.2. The predicted molar refractivity (Wildman–Crippen MR) is 109 cm³/mol. The second-order valence-electron chi connectivity index (χ2n) is 7.15. The molecule has 0 unspecified atom stereocenters. The molecule has 10 heteroatoms. The summed E-state index contributed by atoms with van der Waals surface area (Å²) in [7, 11) is 1.72. The van der Waals surface area contributed by atoms with Crippen molar-refractivity contribution in [3.8, 4) is 5.75 Å². The first kappa shape index (κ1) is 22.2. The first-order valence-electron chi connectivity index (χ1n) is 10.2. The van der Waals surface area contributed by atoms with Gasteiger partial charge in [-0.15, -0.1) is 0 Å². The Kier molecular flexibility index (Phi) is 8.21. The molecule has 1 amide bonds. The summed E-state index contributed by atoms with van der Waals surface area (Å²) < 4.78 is 36.9. The highest BCUT2D eigenvalue weighted by Crippen LogP contribution is 2.15. The van der Waals surface area contributed by atoms with Gasteiger partial charge in [-0.05, 0) is 12.1 Å². The predicted octanol–water partition coefficient (Wildman–Crippen LogP) is 0.395. The molecule has 0 aliphatic carbocycles. The molecule has 2 aliphatic rings. The van der Waals surface area contributed by atoms with Gasteiger partial charge in [-0.25, -0.2) is 8.78 Å². The smallest absolute Gasteiger partial charge is 0.236 e. The van der Waals surface area contributed by atoms with Crippen LogP contribution < -0.4 is 10.1 Å². The van der Waals surface area contributed by atoms with Crippen molar-refractivity contribution in [1.29, 1.82) is 0 Å². The minimum atomic E-state index is -0.929. The number of rotatable bonds is 6. The van der Waals surface area contributed by atoms with Crippen LogP contribution in [-0.4, -0.2) is 106 Å². The fourth-order valence-corrected chi connectivity index (χ4v) is 3.45. The Morgan fingerprint density at radius 3 is 2.50 bits per heavy atom. The molecule has 1 N–H and O–H groups in total. The van der Waals surface area contributed by atoms with E-state index in [1.165, 1.54) is 6.07 Å². The van der Waals surface area contributed by atoms with Gasteiger partial charge < -0.3 is 24.6 Å². The molecule has 1 aromatic carbocycles. The zero-order chi connectivity index (χ0) is 21.3. The molecule has 0 atom stereocenters. The van der Waals surface area contributed by atoms with E-state index in [0.717, 1.165) is 44.3 Å². The molecule has 1 aromatic rings. The molecule has 8 nitrogen and oxygen atoms in total. The van der Waals surface area contributed by atoms with Gasteiger partial charge in [0.05, 0.1) is 26.3 Å². The largest absolute Gasteiger partial charge is 0.492 e. The van der Waals surface area contributed by atoms with Crippen molar-refractivity contribution in [2.45, 2.75) is 0 Å². The lowest BCUT2D eigenvalue weighted by atomic mass is 10.3. The van der Waals surface area contributed by atoms with E-state index in [4.69, 9.17) is 9.47 Å². The number of halogens is 2. The quantitative estimate of drug-likeness (QED) is 0.404. The average molecular weight is 425 g/mol. The highest BCUT2D eigenvalue weighted by molar-refractivity contribution is 5.80. The second-order valence-corrected chi connectivity index (χ2v) is 7.15. The number of amides is 1. The maximum Gasteiger partial charge on any atom is 0.236 e. The molecule has 0 aromatic heterocycles. The summed E-state index contributed by atoms with van der Waals surface area (Å²) in [4.78, 5) is 22.8. The number of nitrogens with one attached hydrogen (secondary N) is 1. The van der Waals surface area contributed by atoms with Crippen LogP contribution in [0.4, 0.5) is 8.78 Å². The number of hydrogen-bond acceptors (Lipinski definition) is 5. The van der Waals surface area contributed by atoms with Gasteiger partial charge in [0.2, 0.25) is 5.91 Å². The number of ether oxygens (including phenoxy) is 2. The van der Waals surface area contributed by atoms with E-state index in [2.05, 4.69) is 20.1 Å². The number of hydrogen-bond donors (Lipinski definition) is 1. The van der Waals surface area contributed by atoms with E-state index in [1.807, 2.05) is 4.90 Å². The van der Waals surface area contributed by atoms with E-state index in [-0.39, 0.29) is 18.3 Å². The van der Waals surface area contributed by atoms with Gasteiger partial charge in [0.1, 0.15) is 12.4 Å². The molecule has 0 saturated carbocycles. The van der Waals surface area contributed by atoms with Crippen LogP contribution in [0.1, 0.15) is 0 Å². The molecule has 166 valence electrons. The van der Waals surface area contributed by atoms with Crippen LogP contribution >= 0.6 is 0 Å². The van der Waals surface area contributed by atoms with Crippen LogP contribution in [0.15, 0.2) is 23.2 Å². The van der Waals surface area contributed by atoms with Gasteiger partial charge in [-0.1, -0.05) is 0 Å². The fourth-order valence-electron chi connectivity index (χ4n) is 3.45. The molecule has 30 heavy (non-hydrogen) atoms. The SMILES string of the molecule is CN=C(NCCOc1ccc(F)c(F)c1)N1CCN(CC(=O)N2CCOCC2)CC1. The number of carbonyl (C=O) groups is 1. The maximum atomic E-state index is 13.2. The number of aliphatic imine (C=N–C) groups is 1. The number of guanidine groups is 1. The minimum Gasteiger partial charge on any atom is -0.492 e. The van der Waals surface area contributed by atoms with Crippen molar-refractivity contribution in [2.75, 3.05) is 79.2 Å². The van der Waals surface area contributed by atoms with E-state index in [9.17, 15) is 13.6 Å². The molecular formula is C20H29F2N5O3. The van der Waals surface area contributed by atoms with Crippen molar-refractivity contribution in [2.24, 2.45) is 4.99 Å². The molecule has 0 radical (unpaired) electrons. The lowest BCUT2D eigenvalue weighted by Gasteiger charge is -2.37. The molecular weight excluding hydrogens is 396 g/mol. The Hall–Kier alpha value is -2.46. The lowest BCUT2D eigenvalue weighted by molar-refractivity contribution is -0.136. The molecule has 2 saturated heterocycles. The standard InChI is InChI=1S/C20H29F2N5O3/c1-23-20(24-4-11-30-16-2-3-17(21)18(22)14-16)27-7-5-25(6-8-27)15-19(28)26-9-12-29-13-10-26/h2-3,14H,4-13,15H2,1H3,(H,23,24). The van der Waals surface area contributed by atoms with Crippen molar-refractivity contribution >= 4 is 11.9 Å². The Morgan fingerprint density at radius 1 is 1.10 bits per heavy atom. The van der Waals surface area contributed by atoms with Crippen LogP contribution in [0.25, 0.3) is 0 Å². The van der Waals surface area contributed by atoms with E-state index in [1.54, 1.807) is 7.05 Å². The van der Waals surface area contributed by atoms with E-state index < -0.39 is 11.6 Å². The molecule has 0 bridgehead atoms. The molecule has 3 rings (SSSR count). The van der Waals surface area contributed by atoms with Crippen LogP contribution in [0.5, 0.6) is 5.75 Å². The topological polar surface area (TPSA) is 69.6 Å². The summed E-state index contributed by atoms with van der Waals surface area (Å²) in [6.07, 6.45) is 0. The maximum absolute atomic E-state index is 13.2. The summed E-state index contributed by atoms with van der Waals surface area (Å²) in [5, 5.41) is 3.22. The number of nitrogens with zero attached hydrogens (tertiary/aromatic N) is 4. The van der Waals surface area contributed by atoms with Crippen LogP contribution in [0.3, 0.4) is 0 Å². The summed E-state index contributed by atoms with van der Waals surface area (Å²) in [5.41, 5.74) is 0. The van der Waals surface area contributed by atoms with E-state index in [0.29, 0.717) is 39.4 Å². The fraction of sp³-hybridized carbons (Fsp3) is 0.600. The summed E-state index contributed by atoms with van der Waals surface area (Å²) in [6.45, 7) is 6.85. The normalized spacial score (nSPS) is 18.4. The first-order valence-corrected chi connectivity index (χ1v) is 10.2. The van der Waals surface area contributed by atoms with Gasteiger partial charge >= 0.3 is 0 Å². The van der Waals surface area contributed by atoms with Crippen molar-refractivity contribution in [3.63, 3.8) is 0 Å². The van der Waals surface area contributed by atoms with Crippen LogP contribution in [0, 0.1) is 11.6 Å². The molecule has 0 spiro atoms. The van der Waals surface area contributed by atoms with Crippen LogP contribution in [-0.2, 0) is 9.53 Å². The number of piperazine rings is 1. The summed E-state index contributed by atoms with van der Waals surface area (Å²) >= 11 is 0. The summed E-state index contributed by atoms with van der Waals surface area (Å²) in [5.74, 6) is -0.635. The van der Waals surface area contributed by atoms with Crippen molar-refractivity contribution in [3.05, 3.63) is 29.8 Å². The first-order chi connectivity index (χ1) is 14.6. The highest BCUT2D eigenvalue weighted by Gasteiger charge is 2.24. The average Bonchev–Trinajstić information content (AvgIpc) is 2.77. The zero-order valence-electron chi connectivity index (χ0n) is 17.3. The number of morpholine rings is 1. The Labute approximate surface area is 175 Å². The Bertz CT molecular complexity index is 735. The monoisotopic (exact) mass is 425 g/mol. The van der Waals surface area contributed by atoms with Gasteiger partial charge in [-0.3, -0.25) is 14.7 Å². The third-order valence-electron chi connectivity index (χ3n) is 5.15. The van der Waals surface area contributed by atoms with Gasteiger partial charge in [0, 0.05) is 52.4 Å². The number of benzene rings is 1. The molecule has 2 heterocycles.